The molecule has 2 heterocycles. The fraction of sp³-hybridized carbons (Fsp3) is 0.467. The molecule has 1 N–H and O–H groups in total. The number of alkyl carbamates (subject to hydrolysis) is 1. The van der Waals surface area contributed by atoms with Crippen molar-refractivity contribution in [2.24, 2.45) is 10.4 Å². The number of likely N-dealkylation sites (tertiary alicyclic amines) is 1. The van der Waals surface area contributed by atoms with Gasteiger partial charge in [-0.05, 0) is 90.2 Å². The van der Waals surface area contributed by atoms with Crippen molar-refractivity contribution in [2.45, 2.75) is 72.4 Å². The minimum Gasteiger partial charge on any atom is -0.444 e. The minimum atomic E-state index is -0.526. The SMILES string of the molecule is CC=C=C(C)C1=C=CC=C(N2CCC3(CC2)Cc2ccccc2C3NC(=O)OC(C)(C)C)N=C1C. The van der Waals surface area contributed by atoms with Crippen LogP contribution in [0.1, 0.15) is 71.6 Å². The second kappa shape index (κ2) is 9.77. The van der Waals surface area contributed by atoms with Crippen molar-refractivity contribution in [3.05, 3.63) is 82.1 Å². The van der Waals surface area contributed by atoms with Gasteiger partial charge in [-0.2, -0.15) is 0 Å². The highest BCUT2D eigenvalue weighted by Crippen LogP contribution is 2.52. The summed E-state index contributed by atoms with van der Waals surface area (Å²) in [5, 5.41) is 3.24. The first-order chi connectivity index (χ1) is 16.6. The summed E-state index contributed by atoms with van der Waals surface area (Å²) in [6, 6.07) is 8.45. The van der Waals surface area contributed by atoms with E-state index < -0.39 is 5.60 Å². The maximum Gasteiger partial charge on any atom is 0.408 e. The van der Waals surface area contributed by atoms with Crippen LogP contribution in [0.15, 0.2) is 75.9 Å². The van der Waals surface area contributed by atoms with Gasteiger partial charge in [0.05, 0.1) is 11.8 Å². The monoisotopic (exact) mass is 471 g/mol. The van der Waals surface area contributed by atoms with Gasteiger partial charge in [0.15, 0.2) is 0 Å². The molecule has 5 nitrogen and oxygen atoms in total. The Labute approximate surface area is 209 Å². The maximum absolute atomic E-state index is 12.8. The fourth-order valence-electron chi connectivity index (χ4n) is 5.50. The van der Waals surface area contributed by atoms with Gasteiger partial charge in [0, 0.05) is 29.7 Å². The topological polar surface area (TPSA) is 53.9 Å². The van der Waals surface area contributed by atoms with E-state index >= 15 is 0 Å². The third-order valence-electron chi connectivity index (χ3n) is 7.11. The molecule has 1 aromatic carbocycles. The number of nitrogens with one attached hydrogen (secondary N) is 1. The normalized spacial score (nSPS) is 20.7. The van der Waals surface area contributed by atoms with Crippen LogP contribution in [0.25, 0.3) is 0 Å². The summed E-state index contributed by atoms with van der Waals surface area (Å²) < 4.78 is 5.63. The standard InChI is InChI=1S/C30H37N3O2/c1-7-11-21(2)24-14-10-15-26(31-22(24)3)33-18-16-30(17-19-33)20-23-12-8-9-13-25(23)27(30)32-28(34)35-29(4,5)6/h7-10,12-13,15,27H,16-20H2,1-6H3,(H,32,34). The second-order valence-electron chi connectivity index (χ2n) is 10.8. The number of rotatable bonds is 3. The smallest absolute Gasteiger partial charge is 0.408 e. The first-order valence-corrected chi connectivity index (χ1v) is 12.5. The summed E-state index contributed by atoms with van der Waals surface area (Å²) in [5.74, 6) is 0.972. The molecule has 1 spiro atoms. The highest BCUT2D eigenvalue weighted by molar-refractivity contribution is 6.02. The number of piperidine rings is 1. The lowest BCUT2D eigenvalue weighted by Gasteiger charge is -2.44. The van der Waals surface area contributed by atoms with Crippen molar-refractivity contribution in [1.82, 2.24) is 10.2 Å². The third kappa shape index (κ3) is 5.37. The first-order valence-electron chi connectivity index (χ1n) is 12.5. The predicted octanol–water partition coefficient (Wildman–Crippen LogP) is 6.41. The molecule has 1 saturated heterocycles. The molecule has 35 heavy (non-hydrogen) atoms. The van der Waals surface area contributed by atoms with Gasteiger partial charge >= 0.3 is 6.09 Å². The summed E-state index contributed by atoms with van der Waals surface area (Å²) in [4.78, 5) is 20.1. The molecule has 0 radical (unpaired) electrons. The van der Waals surface area contributed by atoms with Crippen LogP contribution >= 0.6 is 0 Å². The number of ether oxygens (including phenoxy) is 1. The quantitative estimate of drug-likeness (QED) is 0.518. The molecule has 184 valence electrons. The molecule has 1 atom stereocenters. The van der Waals surface area contributed by atoms with Gasteiger partial charge in [0.25, 0.3) is 0 Å². The van der Waals surface area contributed by atoms with E-state index in [2.05, 4.69) is 52.0 Å². The van der Waals surface area contributed by atoms with Crippen molar-refractivity contribution >= 4 is 11.8 Å². The summed E-state index contributed by atoms with van der Waals surface area (Å²) in [7, 11) is 0. The van der Waals surface area contributed by atoms with Crippen LogP contribution in [-0.2, 0) is 11.2 Å². The number of amides is 1. The van der Waals surface area contributed by atoms with Gasteiger partial charge in [-0.3, -0.25) is 0 Å². The number of fused-ring (bicyclic) bond motifs is 1. The highest BCUT2D eigenvalue weighted by atomic mass is 16.6. The van der Waals surface area contributed by atoms with Gasteiger partial charge in [-0.25, -0.2) is 9.79 Å². The zero-order valence-corrected chi connectivity index (χ0v) is 21.9. The van der Waals surface area contributed by atoms with Crippen molar-refractivity contribution in [1.29, 1.82) is 0 Å². The van der Waals surface area contributed by atoms with Crippen molar-refractivity contribution < 1.29 is 9.53 Å². The van der Waals surface area contributed by atoms with Gasteiger partial charge in [-0.15, -0.1) is 11.5 Å². The number of nitrogens with zero attached hydrogens (tertiary/aromatic N) is 2. The average molecular weight is 472 g/mol. The molecule has 0 saturated carbocycles. The zero-order chi connectivity index (χ0) is 25.2. The van der Waals surface area contributed by atoms with Crippen LogP contribution < -0.4 is 5.32 Å². The molecule has 0 bridgehead atoms. The van der Waals surface area contributed by atoms with E-state index in [-0.39, 0.29) is 17.6 Å². The Kier molecular flexibility index (Phi) is 6.94. The van der Waals surface area contributed by atoms with E-state index in [0.717, 1.165) is 55.0 Å². The number of benzene rings is 1. The summed E-state index contributed by atoms with van der Waals surface area (Å²) in [6.07, 6.45) is 8.50. The maximum atomic E-state index is 12.8. The molecule has 1 fully saturated rings. The van der Waals surface area contributed by atoms with Crippen LogP contribution in [0.3, 0.4) is 0 Å². The molecule has 3 aliphatic rings. The Morgan fingerprint density at radius 2 is 2.00 bits per heavy atom. The van der Waals surface area contributed by atoms with E-state index in [1.807, 2.05) is 53.7 Å². The fourth-order valence-corrected chi connectivity index (χ4v) is 5.50. The third-order valence-corrected chi connectivity index (χ3v) is 7.11. The Morgan fingerprint density at radius 1 is 1.29 bits per heavy atom. The summed E-state index contributed by atoms with van der Waals surface area (Å²) in [6.45, 7) is 13.5. The zero-order valence-electron chi connectivity index (χ0n) is 21.9. The van der Waals surface area contributed by atoms with E-state index in [4.69, 9.17) is 9.73 Å². The van der Waals surface area contributed by atoms with E-state index in [1.54, 1.807) is 0 Å². The van der Waals surface area contributed by atoms with Gasteiger partial charge in [0.2, 0.25) is 0 Å². The predicted molar refractivity (Wildman–Crippen MR) is 141 cm³/mol. The molecule has 1 aliphatic carbocycles. The molecule has 2 aliphatic heterocycles. The van der Waals surface area contributed by atoms with Crippen LogP contribution in [0.5, 0.6) is 0 Å². The van der Waals surface area contributed by atoms with Crippen LogP contribution in [0, 0.1) is 5.41 Å². The first kappa shape index (κ1) is 24.9. The van der Waals surface area contributed by atoms with Gasteiger partial charge < -0.3 is 15.0 Å². The Hall–Kier alpha value is -3.26. The van der Waals surface area contributed by atoms with Crippen LogP contribution in [0.4, 0.5) is 4.79 Å². The minimum absolute atomic E-state index is 0.0222. The number of allylic oxidation sites excluding steroid dienone is 3. The van der Waals surface area contributed by atoms with Crippen molar-refractivity contribution in [2.75, 3.05) is 13.1 Å². The van der Waals surface area contributed by atoms with Gasteiger partial charge in [-0.1, -0.05) is 24.3 Å². The van der Waals surface area contributed by atoms with Crippen molar-refractivity contribution in [3.63, 3.8) is 0 Å². The molecule has 1 aromatic rings. The van der Waals surface area contributed by atoms with Gasteiger partial charge in [0.1, 0.15) is 11.4 Å². The summed E-state index contributed by atoms with van der Waals surface area (Å²) >= 11 is 0. The lowest BCUT2D eigenvalue weighted by Crippen LogP contribution is -2.47. The molecular weight excluding hydrogens is 434 g/mol. The lowest BCUT2D eigenvalue weighted by molar-refractivity contribution is 0.0375. The number of carbonyl (C=O) groups excluding carboxylic acids is 1. The number of hydrogen-bond acceptors (Lipinski definition) is 4. The largest absolute Gasteiger partial charge is 0.444 e. The van der Waals surface area contributed by atoms with Crippen molar-refractivity contribution in [3.8, 4) is 0 Å². The number of hydrogen-bond donors (Lipinski definition) is 1. The number of carbonyl (C=O) groups is 1. The van der Waals surface area contributed by atoms with Crippen LogP contribution in [0.2, 0.25) is 0 Å². The lowest BCUT2D eigenvalue weighted by atomic mass is 9.72. The molecular formula is C30H37N3O2. The second-order valence-corrected chi connectivity index (χ2v) is 10.8. The Bertz CT molecular complexity index is 1190. The van der Waals surface area contributed by atoms with E-state index in [0.29, 0.717) is 0 Å². The number of aliphatic imine (C=N–C) groups is 1. The molecule has 1 unspecified atom stereocenters. The highest BCUT2D eigenvalue weighted by Gasteiger charge is 2.48. The molecule has 1 amide bonds. The molecule has 0 aromatic heterocycles. The summed E-state index contributed by atoms with van der Waals surface area (Å²) in [5.41, 5.74) is 11.6. The molecule has 4 rings (SSSR count). The van der Waals surface area contributed by atoms with E-state index in [9.17, 15) is 4.79 Å². The Morgan fingerprint density at radius 3 is 2.69 bits per heavy atom. The Balaban J connectivity index is 1.52. The van der Waals surface area contributed by atoms with E-state index in [1.165, 1.54) is 11.1 Å². The van der Waals surface area contributed by atoms with Crippen LogP contribution in [-0.4, -0.2) is 35.4 Å². The average Bonchev–Trinajstić information content (AvgIpc) is 2.93. The molecule has 5 heteroatoms.